The Kier molecular flexibility index (Phi) is 7.70. The summed E-state index contributed by atoms with van der Waals surface area (Å²) in [6.07, 6.45) is 8.65. The van der Waals surface area contributed by atoms with E-state index in [1.54, 1.807) is 0 Å². The SMILES string of the molecule is CC(C)(C)[Si](OCC1CCC=C(/C=C/CCO)O1)(c1ccccc1)c1ccccc1. The van der Waals surface area contributed by atoms with Crippen molar-refractivity contribution >= 4 is 18.7 Å². The summed E-state index contributed by atoms with van der Waals surface area (Å²) in [7, 11) is -2.54. The van der Waals surface area contributed by atoms with Gasteiger partial charge < -0.3 is 14.3 Å². The molecule has 1 aliphatic heterocycles. The van der Waals surface area contributed by atoms with E-state index in [1.165, 1.54) is 10.4 Å². The van der Waals surface area contributed by atoms with Crippen molar-refractivity contribution in [3.8, 4) is 0 Å². The number of aliphatic hydroxyl groups excluding tert-OH is 1. The van der Waals surface area contributed by atoms with E-state index in [2.05, 4.69) is 87.5 Å². The number of hydrogen-bond donors (Lipinski definition) is 1. The number of hydrogen-bond acceptors (Lipinski definition) is 3. The monoisotopic (exact) mass is 422 g/mol. The molecule has 0 spiro atoms. The average molecular weight is 423 g/mol. The van der Waals surface area contributed by atoms with Gasteiger partial charge in [-0.2, -0.15) is 0 Å². The summed E-state index contributed by atoms with van der Waals surface area (Å²) in [5.41, 5.74) is 0. The third-order valence-corrected chi connectivity index (χ3v) is 10.6. The topological polar surface area (TPSA) is 38.7 Å². The molecule has 30 heavy (non-hydrogen) atoms. The van der Waals surface area contributed by atoms with E-state index < -0.39 is 8.32 Å². The molecule has 1 unspecified atom stereocenters. The van der Waals surface area contributed by atoms with Crippen LogP contribution in [-0.2, 0) is 9.16 Å². The van der Waals surface area contributed by atoms with Gasteiger partial charge in [-0.05, 0) is 46.8 Å². The van der Waals surface area contributed by atoms with Crippen LogP contribution in [0.25, 0.3) is 0 Å². The zero-order chi connectivity index (χ0) is 21.5. The number of benzene rings is 2. The van der Waals surface area contributed by atoms with E-state index in [0.717, 1.165) is 18.6 Å². The Morgan fingerprint density at radius 1 is 1.03 bits per heavy atom. The van der Waals surface area contributed by atoms with Gasteiger partial charge in [-0.15, -0.1) is 0 Å². The Morgan fingerprint density at radius 3 is 2.17 bits per heavy atom. The number of rotatable bonds is 8. The second-order valence-electron chi connectivity index (χ2n) is 8.81. The first kappa shape index (κ1) is 22.5. The fourth-order valence-electron chi connectivity index (χ4n) is 4.19. The van der Waals surface area contributed by atoms with Crippen LogP contribution in [0.4, 0.5) is 0 Å². The maximum absolute atomic E-state index is 8.99. The summed E-state index contributed by atoms with van der Waals surface area (Å²) in [4.78, 5) is 0. The Labute approximate surface area is 182 Å². The zero-order valence-corrected chi connectivity index (χ0v) is 19.4. The van der Waals surface area contributed by atoms with Gasteiger partial charge in [-0.3, -0.25) is 0 Å². The van der Waals surface area contributed by atoms with Gasteiger partial charge in [-0.1, -0.05) is 87.5 Å². The van der Waals surface area contributed by atoms with Crippen LogP contribution >= 0.6 is 0 Å². The van der Waals surface area contributed by atoms with Gasteiger partial charge >= 0.3 is 0 Å². The number of ether oxygens (including phenoxy) is 1. The first-order valence-corrected chi connectivity index (χ1v) is 12.8. The summed E-state index contributed by atoms with van der Waals surface area (Å²) < 4.78 is 13.2. The van der Waals surface area contributed by atoms with Crippen LogP contribution in [0, 0.1) is 0 Å². The Balaban J connectivity index is 1.88. The normalized spacial score (nSPS) is 17.6. The van der Waals surface area contributed by atoms with Crippen molar-refractivity contribution in [1.29, 1.82) is 0 Å². The Morgan fingerprint density at radius 2 is 1.63 bits per heavy atom. The maximum Gasteiger partial charge on any atom is 0.261 e. The quantitative estimate of drug-likeness (QED) is 0.634. The van der Waals surface area contributed by atoms with Crippen LogP contribution < -0.4 is 10.4 Å². The smallest absolute Gasteiger partial charge is 0.261 e. The molecule has 1 aliphatic rings. The molecule has 0 bridgehead atoms. The number of allylic oxidation sites excluding steroid dienone is 2. The van der Waals surface area contributed by atoms with E-state index >= 15 is 0 Å². The van der Waals surface area contributed by atoms with E-state index in [0.29, 0.717) is 13.0 Å². The van der Waals surface area contributed by atoms with Crippen molar-refractivity contribution in [2.75, 3.05) is 13.2 Å². The van der Waals surface area contributed by atoms with Crippen LogP contribution in [-0.4, -0.2) is 32.7 Å². The van der Waals surface area contributed by atoms with Crippen molar-refractivity contribution < 1.29 is 14.3 Å². The predicted molar refractivity (Wildman–Crippen MR) is 127 cm³/mol. The lowest BCUT2D eigenvalue weighted by molar-refractivity contribution is 0.0556. The molecule has 1 heterocycles. The molecule has 3 nitrogen and oxygen atoms in total. The van der Waals surface area contributed by atoms with Gasteiger partial charge in [0.15, 0.2) is 0 Å². The fraction of sp³-hybridized carbons (Fsp3) is 0.385. The van der Waals surface area contributed by atoms with E-state index in [9.17, 15) is 0 Å². The minimum absolute atomic E-state index is 0.0328. The second kappa shape index (κ2) is 10.2. The van der Waals surface area contributed by atoms with E-state index in [1.807, 2.05) is 12.2 Å². The van der Waals surface area contributed by atoms with E-state index in [-0.39, 0.29) is 17.7 Å². The molecule has 0 radical (unpaired) electrons. The third kappa shape index (κ3) is 5.12. The highest BCUT2D eigenvalue weighted by molar-refractivity contribution is 6.99. The fourth-order valence-corrected chi connectivity index (χ4v) is 8.78. The molecule has 0 fully saturated rings. The molecular formula is C26H34O3Si. The maximum atomic E-state index is 8.99. The van der Waals surface area contributed by atoms with Gasteiger partial charge in [0.1, 0.15) is 11.9 Å². The van der Waals surface area contributed by atoms with Crippen molar-refractivity contribution in [1.82, 2.24) is 0 Å². The molecule has 2 aromatic rings. The minimum atomic E-state index is -2.54. The predicted octanol–water partition coefficient (Wildman–Crippen LogP) is 4.56. The molecule has 3 rings (SSSR count). The van der Waals surface area contributed by atoms with Crippen molar-refractivity contribution in [2.24, 2.45) is 0 Å². The Hall–Kier alpha value is -2.14. The summed E-state index contributed by atoms with van der Waals surface area (Å²) in [5, 5.41) is 11.5. The molecular weight excluding hydrogens is 388 g/mol. The summed E-state index contributed by atoms with van der Waals surface area (Å²) in [5.74, 6) is 0.880. The molecule has 1 N–H and O–H groups in total. The molecule has 2 aromatic carbocycles. The average Bonchev–Trinajstić information content (AvgIpc) is 2.75. The lowest BCUT2D eigenvalue weighted by atomic mass is 10.1. The van der Waals surface area contributed by atoms with Gasteiger partial charge in [0.25, 0.3) is 8.32 Å². The van der Waals surface area contributed by atoms with Gasteiger partial charge in [0.2, 0.25) is 0 Å². The summed E-state index contributed by atoms with van der Waals surface area (Å²) in [6.45, 7) is 7.61. The van der Waals surface area contributed by atoms with Gasteiger partial charge in [-0.25, -0.2) is 0 Å². The van der Waals surface area contributed by atoms with Crippen LogP contribution in [0.3, 0.4) is 0 Å². The molecule has 160 valence electrons. The molecule has 1 atom stereocenters. The standard InChI is InChI=1S/C26H34O3Si/c1-26(2,3)30(24-16-6-4-7-17-24,25-18-8-5-9-19-25)28-21-23-15-12-14-22(29-23)13-10-11-20-27/h4-10,13-14,16-19,23,27H,11-12,15,20-21H2,1-3H3/b13-10+. The highest BCUT2D eigenvalue weighted by Gasteiger charge is 2.50. The lowest BCUT2D eigenvalue weighted by Crippen LogP contribution is -2.67. The first-order valence-electron chi connectivity index (χ1n) is 10.9. The van der Waals surface area contributed by atoms with Crippen molar-refractivity contribution in [2.45, 2.75) is 51.2 Å². The van der Waals surface area contributed by atoms with Crippen LogP contribution in [0.5, 0.6) is 0 Å². The molecule has 0 saturated carbocycles. The minimum Gasteiger partial charge on any atom is -0.488 e. The van der Waals surface area contributed by atoms with Crippen LogP contribution in [0.2, 0.25) is 5.04 Å². The van der Waals surface area contributed by atoms with Crippen LogP contribution in [0.15, 0.2) is 84.7 Å². The Bertz CT molecular complexity index is 798. The molecule has 0 amide bonds. The highest BCUT2D eigenvalue weighted by atomic mass is 28.4. The van der Waals surface area contributed by atoms with Gasteiger partial charge in [0, 0.05) is 6.61 Å². The summed E-state index contributed by atoms with van der Waals surface area (Å²) >= 11 is 0. The van der Waals surface area contributed by atoms with Crippen molar-refractivity contribution in [3.05, 3.63) is 84.7 Å². The molecule has 0 saturated heterocycles. The summed E-state index contributed by atoms with van der Waals surface area (Å²) in [6, 6.07) is 21.4. The number of aliphatic hydroxyl groups is 1. The van der Waals surface area contributed by atoms with Gasteiger partial charge in [0.05, 0.1) is 6.61 Å². The third-order valence-electron chi connectivity index (χ3n) is 5.62. The largest absolute Gasteiger partial charge is 0.488 e. The van der Waals surface area contributed by atoms with E-state index in [4.69, 9.17) is 14.3 Å². The lowest BCUT2D eigenvalue weighted by Gasteiger charge is -2.43. The zero-order valence-electron chi connectivity index (χ0n) is 18.4. The second-order valence-corrected chi connectivity index (χ2v) is 13.1. The van der Waals surface area contributed by atoms with Crippen molar-refractivity contribution in [3.63, 3.8) is 0 Å². The first-order chi connectivity index (χ1) is 14.5. The highest BCUT2D eigenvalue weighted by Crippen LogP contribution is 2.37. The van der Waals surface area contributed by atoms with Crippen LogP contribution in [0.1, 0.15) is 40.0 Å². The molecule has 4 heteroatoms. The molecule has 0 aromatic heterocycles. The molecule has 0 aliphatic carbocycles.